The van der Waals surface area contributed by atoms with Crippen LogP contribution in [0.25, 0.3) is 0 Å². The number of esters is 1. The van der Waals surface area contributed by atoms with Crippen molar-refractivity contribution >= 4 is 179 Å². The van der Waals surface area contributed by atoms with Crippen LogP contribution in [0, 0.1) is 0 Å². The number of aliphatic carboxylic acids is 29. The molecule has 61 heteroatoms. The molecule has 0 aliphatic carbocycles. The Balaban J connectivity index is -0.0000000264. The molecule has 0 heterocycles. The van der Waals surface area contributed by atoms with Crippen molar-refractivity contribution in [1.82, 2.24) is 0 Å². The molecule has 0 spiro atoms. The van der Waals surface area contributed by atoms with E-state index in [1.165, 1.54) is 0 Å². The first-order valence-electron chi connectivity index (χ1n) is 29.5. The topological polar surface area (TPSA) is 1130 Å². The van der Waals surface area contributed by atoms with Crippen molar-refractivity contribution < 1.29 is 302 Å². The maximum absolute atomic E-state index is 10.3. The summed E-state index contributed by atoms with van der Waals surface area (Å²) in [5, 5.41) is 223. The third-order valence-corrected chi connectivity index (χ3v) is 0.621. The molecular formula is C63H126O61. The summed E-state index contributed by atoms with van der Waals surface area (Å²) < 4.78 is 4.48. The van der Waals surface area contributed by atoms with Crippen LogP contribution in [0.15, 0.2) is 0 Å². The summed E-state index contributed by atoms with van der Waals surface area (Å²) in [6.07, 6.45) is 0.105. The molecule has 0 aromatic carbocycles. The lowest BCUT2D eigenvalue weighted by Gasteiger charge is -1.96. The third-order valence-electron chi connectivity index (χ3n) is 0.621. The van der Waals surface area contributed by atoms with E-state index in [-0.39, 0.29) is 19.0 Å². The predicted octanol–water partition coefficient (Wildman–Crippen LogP) is 2.57. The Bertz CT molecular complexity index is 1800. The SMILES string of the molecule is CC(=O)O.CC(=O)O.CC(=O)O.CC(=O)O.CC(=O)O.CC(=O)O.CC(=O)O.CC(=O)O.CC(=O)O.CC(=O)O.CC(=O)O.CC(=O)O.CC(=O)O.CC(=O)O.CC(=O)O.CC(=O)O.CC(=O)O.CC(=O)O.CC(=O)O.CC(=O)O.CC(=O)O.CC(=O)O.CC(=O)O.CC(=O)O.CC(=O)O.CC(=O)O.CC(=O)O.CC(=O)O.CC(=O)O.CCOC(=O)CCO. The summed E-state index contributed by atoms with van der Waals surface area (Å²) in [4.78, 5) is 271. The van der Waals surface area contributed by atoms with Gasteiger partial charge in [0.15, 0.2) is 0 Å². The van der Waals surface area contributed by atoms with Crippen LogP contribution in [0.1, 0.15) is 214 Å². The van der Waals surface area contributed by atoms with Gasteiger partial charge >= 0.3 is 5.97 Å². The number of carboxylic acids is 29. The van der Waals surface area contributed by atoms with Gasteiger partial charge in [-0.3, -0.25) is 144 Å². The number of carboxylic acid groups (broad SMARTS) is 29. The van der Waals surface area contributed by atoms with Gasteiger partial charge in [-0.1, -0.05) is 0 Å². The Morgan fingerprint density at radius 3 is 0.202 bits per heavy atom. The van der Waals surface area contributed by atoms with E-state index in [9.17, 15) is 4.79 Å². The number of aliphatic hydroxyl groups excluding tert-OH is 1. The molecule has 0 aliphatic rings. The Labute approximate surface area is 706 Å². The predicted molar refractivity (Wildman–Crippen MR) is 414 cm³/mol. The van der Waals surface area contributed by atoms with Crippen molar-refractivity contribution in [1.29, 1.82) is 0 Å². The molecule has 0 amide bonds. The van der Waals surface area contributed by atoms with Crippen LogP contribution in [0.4, 0.5) is 0 Å². The second-order valence-corrected chi connectivity index (χ2v) is 16.3. The summed E-state index contributed by atoms with van der Waals surface area (Å²) in [7, 11) is 0. The average Bonchev–Trinajstić information content (AvgIpc) is 1.09. The van der Waals surface area contributed by atoms with Crippen LogP contribution in [-0.2, 0) is 149 Å². The molecule has 0 saturated heterocycles. The normalized spacial score (nSPS) is 6.41. The second kappa shape index (κ2) is 198. The fourth-order valence-corrected chi connectivity index (χ4v) is 0.324. The molecule has 0 saturated carbocycles. The Morgan fingerprint density at radius 2 is 0.177 bits per heavy atom. The fraction of sp³-hybridized carbons (Fsp3) is 0.524. The minimum Gasteiger partial charge on any atom is -0.481 e. The van der Waals surface area contributed by atoms with Crippen LogP contribution in [0.2, 0.25) is 0 Å². The molecule has 0 bridgehead atoms. The second-order valence-electron chi connectivity index (χ2n) is 16.3. The molecule has 0 unspecified atom stereocenters. The van der Waals surface area contributed by atoms with E-state index in [1.54, 1.807) is 6.92 Å². The highest BCUT2D eigenvalue weighted by atomic mass is 16.5. The highest BCUT2D eigenvalue weighted by Crippen LogP contribution is 1.82. The maximum Gasteiger partial charge on any atom is 0.308 e. The summed E-state index contributed by atoms with van der Waals surface area (Å²) in [5.41, 5.74) is 0. The molecule has 0 radical (unpaired) electrons. The quantitative estimate of drug-likeness (QED) is 0.181. The van der Waals surface area contributed by atoms with E-state index in [0.29, 0.717) is 6.61 Å². The first-order valence-corrected chi connectivity index (χ1v) is 29.5. The lowest BCUT2D eigenvalue weighted by atomic mass is 10.5. The number of rotatable bonds is 3. The molecule has 0 aromatic rings. The average molecular weight is 1860 g/mol. The van der Waals surface area contributed by atoms with Gasteiger partial charge in [-0.15, -0.1) is 0 Å². The minimum atomic E-state index is -0.833. The van der Waals surface area contributed by atoms with Crippen LogP contribution in [0.3, 0.4) is 0 Å². The van der Waals surface area contributed by atoms with E-state index < -0.39 is 173 Å². The standard InChI is InChI=1S/C5H10O3.29C2H4O2/c1-2-8-5(7)3-4-6;29*1-2(3)4/h6H,2-4H2,1H3;29*1H3,(H,3,4). The van der Waals surface area contributed by atoms with Crippen LogP contribution >= 0.6 is 0 Å². The monoisotopic (exact) mass is 1860 g/mol. The van der Waals surface area contributed by atoms with Crippen molar-refractivity contribution in [3.63, 3.8) is 0 Å². The summed E-state index contributed by atoms with van der Waals surface area (Å²) in [6, 6.07) is 0. The number of carbonyl (C=O) groups excluding carboxylic acids is 1. The van der Waals surface area contributed by atoms with E-state index in [1.807, 2.05) is 0 Å². The van der Waals surface area contributed by atoms with Gasteiger partial charge in [0.25, 0.3) is 173 Å². The van der Waals surface area contributed by atoms with E-state index in [0.717, 1.165) is 201 Å². The molecule has 0 aromatic heterocycles. The van der Waals surface area contributed by atoms with Crippen LogP contribution in [0.5, 0.6) is 0 Å². The van der Waals surface area contributed by atoms with E-state index in [4.69, 9.17) is 292 Å². The van der Waals surface area contributed by atoms with Gasteiger partial charge in [0, 0.05) is 201 Å². The molecule has 0 fully saturated rings. The van der Waals surface area contributed by atoms with Crippen molar-refractivity contribution in [3.8, 4) is 0 Å². The number of ether oxygens (including phenoxy) is 1. The molecule has 0 rings (SSSR count). The maximum atomic E-state index is 10.3. The molecule has 0 aliphatic heterocycles. The molecule has 124 heavy (non-hydrogen) atoms. The van der Waals surface area contributed by atoms with Crippen molar-refractivity contribution in [2.75, 3.05) is 13.2 Å². The first kappa shape index (κ1) is 203. The van der Waals surface area contributed by atoms with Crippen LogP contribution in [-0.4, -0.2) is 345 Å². The van der Waals surface area contributed by atoms with Gasteiger partial charge in [0.2, 0.25) is 0 Å². The lowest BCUT2D eigenvalue weighted by Crippen LogP contribution is -2.05. The van der Waals surface area contributed by atoms with Crippen LogP contribution < -0.4 is 0 Å². The molecular weight excluding hydrogens is 1730 g/mol. The van der Waals surface area contributed by atoms with Gasteiger partial charge in [-0.05, 0) is 6.92 Å². The number of hydrogen-bond acceptors (Lipinski definition) is 32. The summed E-state index contributed by atoms with van der Waals surface area (Å²) in [5.74, 6) is -24.5. The Morgan fingerprint density at radius 1 is 0.137 bits per heavy atom. The van der Waals surface area contributed by atoms with Crippen molar-refractivity contribution in [2.45, 2.75) is 214 Å². The van der Waals surface area contributed by atoms with Crippen molar-refractivity contribution in [3.05, 3.63) is 0 Å². The zero-order valence-corrected chi connectivity index (χ0v) is 73.2. The van der Waals surface area contributed by atoms with Crippen molar-refractivity contribution in [2.24, 2.45) is 0 Å². The summed E-state index contributed by atoms with van der Waals surface area (Å²) in [6.45, 7) is 33.4. The zero-order chi connectivity index (χ0) is 110. The first-order chi connectivity index (χ1) is 54.0. The minimum absolute atomic E-state index is 0.105. The zero-order valence-electron chi connectivity index (χ0n) is 73.2. The molecule has 744 valence electrons. The highest BCUT2D eigenvalue weighted by Gasteiger charge is 1.96. The highest BCUT2D eigenvalue weighted by molar-refractivity contribution is 5.70. The van der Waals surface area contributed by atoms with Gasteiger partial charge in [0.1, 0.15) is 0 Å². The smallest absolute Gasteiger partial charge is 0.308 e. The molecule has 30 N–H and O–H groups in total. The summed E-state index contributed by atoms with van der Waals surface area (Å²) >= 11 is 0. The number of aliphatic hydroxyl groups is 1. The van der Waals surface area contributed by atoms with E-state index >= 15 is 0 Å². The Hall–Kier alpha value is -15.9. The van der Waals surface area contributed by atoms with Gasteiger partial charge in [-0.2, -0.15) is 0 Å². The Kier molecular flexibility index (Phi) is 324. The van der Waals surface area contributed by atoms with Gasteiger partial charge in [0.05, 0.1) is 19.6 Å². The lowest BCUT2D eigenvalue weighted by molar-refractivity contribution is -0.144. The third kappa shape index (κ3) is 11800. The fourth-order valence-electron chi connectivity index (χ4n) is 0.324. The van der Waals surface area contributed by atoms with Gasteiger partial charge < -0.3 is 158 Å². The van der Waals surface area contributed by atoms with Gasteiger partial charge in [-0.25, -0.2) is 0 Å². The van der Waals surface area contributed by atoms with E-state index in [2.05, 4.69) is 4.74 Å². The number of hydrogen-bond donors (Lipinski definition) is 30. The molecule has 0 atom stereocenters. The number of carbonyl (C=O) groups is 30. The largest absolute Gasteiger partial charge is 0.481 e. The molecule has 61 nitrogen and oxygen atoms in total.